The molecule has 0 aromatic heterocycles. The number of ether oxygens (including phenoxy) is 1. The molecule has 1 heterocycles. The number of hydrazine groups is 1. The van der Waals surface area contributed by atoms with Crippen molar-refractivity contribution >= 4 is 42.0 Å². The predicted molar refractivity (Wildman–Crippen MR) is 195 cm³/mol. The van der Waals surface area contributed by atoms with Crippen LogP contribution in [-0.4, -0.2) is 64.8 Å². The Morgan fingerprint density at radius 2 is 1.30 bits per heavy atom. The van der Waals surface area contributed by atoms with Crippen molar-refractivity contribution in [2.45, 2.75) is 51.5 Å². The van der Waals surface area contributed by atoms with E-state index in [1.807, 2.05) is 85.8 Å². The van der Waals surface area contributed by atoms with Gasteiger partial charge in [0.1, 0.15) is 6.21 Å². The molecule has 3 amide bonds. The summed E-state index contributed by atoms with van der Waals surface area (Å²) in [4.78, 5) is 73.4. The molecule has 284 valence electrons. The summed E-state index contributed by atoms with van der Waals surface area (Å²) in [6, 6.07) is 37.2. The molecule has 1 aliphatic rings. The summed E-state index contributed by atoms with van der Waals surface area (Å²) in [5.74, 6) is -1.86. The van der Waals surface area contributed by atoms with Crippen LogP contribution < -0.4 is 10.9 Å². The van der Waals surface area contributed by atoms with E-state index in [9.17, 15) is 24.0 Å². The molecule has 13 nitrogen and oxygen atoms in total. The van der Waals surface area contributed by atoms with Gasteiger partial charge in [-0.05, 0) is 55.2 Å². The molecule has 1 saturated heterocycles. The number of benzene rings is 4. The number of carboxylic acid groups (broad SMARTS) is 1. The minimum absolute atomic E-state index is 0. The van der Waals surface area contributed by atoms with Crippen LogP contribution in [0.1, 0.15) is 70.9 Å². The first-order valence-corrected chi connectivity index (χ1v) is 16.7. The predicted octanol–water partition coefficient (Wildman–Crippen LogP) is 5.21. The monoisotopic (exact) mass is 762 g/mol. The number of hydrazone groups is 1. The van der Waals surface area contributed by atoms with Gasteiger partial charge in [-0.3, -0.25) is 29.6 Å². The fourth-order valence-corrected chi connectivity index (χ4v) is 5.08. The van der Waals surface area contributed by atoms with Crippen LogP contribution in [0.3, 0.4) is 0 Å². The molecule has 0 bridgehead atoms. The smallest absolute Gasteiger partial charge is 0.373 e. The number of carboxylic acids is 1. The Balaban J connectivity index is 0.000000411. The van der Waals surface area contributed by atoms with Crippen molar-refractivity contribution in [3.05, 3.63) is 144 Å². The Labute approximate surface area is 343 Å². The molecular weight excluding hydrogens is 720 g/mol. The number of amides is 3. The van der Waals surface area contributed by atoms with Crippen molar-refractivity contribution in [1.82, 2.24) is 15.9 Å². The van der Waals surface area contributed by atoms with E-state index >= 15 is 0 Å². The first kappa shape index (κ1) is 46.6. The number of nitrogens with one attached hydrogen (secondary N) is 2. The maximum Gasteiger partial charge on any atom is 0.373 e. The second kappa shape index (κ2) is 27.2. The zero-order chi connectivity index (χ0) is 38.8. The van der Waals surface area contributed by atoms with Crippen molar-refractivity contribution in [2.24, 2.45) is 5.10 Å². The van der Waals surface area contributed by atoms with Crippen molar-refractivity contribution in [3.63, 3.8) is 0 Å². The van der Waals surface area contributed by atoms with E-state index in [1.54, 1.807) is 49.4 Å². The number of aliphatic carboxylic acids is 1. The second-order valence-corrected chi connectivity index (χ2v) is 11.0. The van der Waals surface area contributed by atoms with Gasteiger partial charge < -0.3 is 9.84 Å². The standard InChI is InChI=1S/C19H20N2O2.C11H12N2O3.C9H10O2.CO2.Ar/c1-2-17-16(14-9-5-3-6-10-14)13-18(22)21(17)20-19(23)15-11-7-4-8-12-15;1-2-16-10(14)8-12-13-11(15)9-6-4-3-5-7-9;10-9(11)7-6-8-4-2-1-3-5-8;2-1-3;/h3-12,16-17H,2,13H2,1H3,(H,20,23);3-8H,2H2,1H3,(H,13,15);1-5H,6-7H2,(H,10,11);;/b;12-8+;;;/t16-,17-;;;;/m0..../s1. The fraction of sp³-hybridized carbons (Fsp3) is 0.225. The molecule has 5 rings (SSSR count). The maximum atomic E-state index is 12.4. The molecule has 1 aliphatic heterocycles. The molecule has 2 atom stereocenters. The zero-order valence-electron chi connectivity index (χ0n) is 29.8. The molecule has 4 aromatic carbocycles. The largest absolute Gasteiger partial charge is 0.481 e. The molecule has 54 heavy (non-hydrogen) atoms. The minimum atomic E-state index is -0.742. The van der Waals surface area contributed by atoms with Gasteiger partial charge in [0.25, 0.3) is 11.8 Å². The average Bonchev–Trinajstić information content (AvgIpc) is 3.50. The first-order chi connectivity index (χ1) is 25.6. The Morgan fingerprint density at radius 1 is 0.815 bits per heavy atom. The second-order valence-electron chi connectivity index (χ2n) is 11.0. The van der Waals surface area contributed by atoms with Crippen LogP contribution in [0.15, 0.2) is 126 Å². The van der Waals surface area contributed by atoms with Crippen LogP contribution in [0.25, 0.3) is 0 Å². The van der Waals surface area contributed by atoms with Gasteiger partial charge in [-0.25, -0.2) is 10.2 Å². The molecule has 0 radical (unpaired) electrons. The Hall–Kier alpha value is -5.46. The molecule has 0 spiro atoms. The van der Waals surface area contributed by atoms with Crippen molar-refractivity contribution in [3.8, 4) is 0 Å². The van der Waals surface area contributed by atoms with Gasteiger partial charge in [-0.2, -0.15) is 14.7 Å². The summed E-state index contributed by atoms with van der Waals surface area (Å²) >= 11 is 0. The number of hydrogen-bond donors (Lipinski definition) is 3. The minimum Gasteiger partial charge on any atom is -0.481 e. The van der Waals surface area contributed by atoms with Crippen molar-refractivity contribution < 1.29 is 81.1 Å². The van der Waals surface area contributed by atoms with Gasteiger partial charge >= 0.3 is 18.1 Å². The third-order valence-electron chi connectivity index (χ3n) is 7.49. The Morgan fingerprint density at radius 3 is 1.78 bits per heavy atom. The van der Waals surface area contributed by atoms with E-state index in [-0.39, 0.29) is 86.6 Å². The van der Waals surface area contributed by atoms with Crippen LogP contribution in [0, 0.1) is 37.7 Å². The number of carbonyl (C=O) groups excluding carboxylic acids is 6. The van der Waals surface area contributed by atoms with Crippen LogP contribution in [0.4, 0.5) is 0 Å². The summed E-state index contributed by atoms with van der Waals surface area (Å²) < 4.78 is 4.59. The molecule has 0 aliphatic carbocycles. The summed E-state index contributed by atoms with van der Waals surface area (Å²) in [5, 5.41) is 13.4. The van der Waals surface area contributed by atoms with Crippen LogP contribution in [-0.2, 0) is 35.1 Å². The number of esters is 1. The number of rotatable bonds is 11. The van der Waals surface area contributed by atoms with E-state index < -0.39 is 11.9 Å². The summed E-state index contributed by atoms with van der Waals surface area (Å²) in [7, 11) is 0. The van der Waals surface area contributed by atoms with Gasteiger partial charge in [0, 0.05) is 67.6 Å². The van der Waals surface area contributed by atoms with Gasteiger partial charge in [0.15, 0.2) is 0 Å². The van der Waals surface area contributed by atoms with Gasteiger partial charge in [0.05, 0.1) is 12.6 Å². The van der Waals surface area contributed by atoms with Crippen LogP contribution >= 0.6 is 0 Å². The molecule has 0 unspecified atom stereocenters. The Kier molecular flexibility index (Phi) is 23.4. The summed E-state index contributed by atoms with van der Waals surface area (Å²) in [5.41, 5.74) is 8.26. The zero-order valence-corrected chi connectivity index (χ0v) is 30.5. The van der Waals surface area contributed by atoms with Gasteiger partial charge in [0.2, 0.25) is 5.91 Å². The summed E-state index contributed by atoms with van der Waals surface area (Å²) in [6.07, 6.45) is 3.22. The molecule has 0 saturated carbocycles. The Bertz CT molecular complexity index is 1790. The van der Waals surface area contributed by atoms with E-state index in [2.05, 4.69) is 20.7 Å². The number of aryl methyl sites for hydroxylation is 1. The number of nitrogens with zero attached hydrogens (tertiary/aromatic N) is 2. The quantitative estimate of drug-likeness (QED) is 0.105. The molecule has 14 heteroatoms. The molecule has 3 N–H and O–H groups in total. The molecular formula is C40H42ArN4O9. The SMILES string of the molecule is CCOC(=O)/C=N/NC(=O)c1ccccc1.CC[C@H]1[C@H](c2ccccc2)CC(=O)N1NC(=O)c1ccccc1.O=C(O)CCc1ccccc1.O=C=O.[Ar]. The first-order valence-electron chi connectivity index (χ1n) is 16.7. The molecule has 4 aromatic rings. The maximum absolute atomic E-state index is 12.4. The normalized spacial score (nSPS) is 13.8. The molecule has 1 fully saturated rings. The number of hydrogen-bond acceptors (Lipinski definition) is 9. The van der Waals surface area contributed by atoms with Crippen molar-refractivity contribution in [2.75, 3.05) is 6.61 Å². The van der Waals surface area contributed by atoms with Crippen LogP contribution in [0.2, 0.25) is 0 Å². The van der Waals surface area contributed by atoms with E-state index in [0.717, 1.165) is 23.8 Å². The van der Waals surface area contributed by atoms with Gasteiger partial charge in [-0.15, -0.1) is 0 Å². The third kappa shape index (κ3) is 17.4. The van der Waals surface area contributed by atoms with E-state index in [0.29, 0.717) is 24.0 Å². The van der Waals surface area contributed by atoms with Crippen LogP contribution in [0.5, 0.6) is 0 Å². The van der Waals surface area contributed by atoms with Gasteiger partial charge in [-0.1, -0.05) is 104 Å². The van der Waals surface area contributed by atoms with Crippen molar-refractivity contribution in [1.29, 1.82) is 0 Å². The number of carbonyl (C=O) groups is 5. The average molecular weight is 763 g/mol. The third-order valence-corrected chi connectivity index (χ3v) is 7.49. The summed E-state index contributed by atoms with van der Waals surface area (Å²) in [6.45, 7) is 4.01. The van der Waals surface area contributed by atoms with E-state index in [4.69, 9.17) is 14.7 Å². The topological polar surface area (TPSA) is 189 Å². The fourth-order valence-electron chi connectivity index (χ4n) is 5.08. The van der Waals surface area contributed by atoms with E-state index in [1.165, 1.54) is 5.01 Å².